The minimum absolute atomic E-state index is 0.0192. The Bertz CT molecular complexity index is 755. The van der Waals surface area contributed by atoms with Crippen molar-refractivity contribution < 1.29 is 9.53 Å². The van der Waals surface area contributed by atoms with Crippen molar-refractivity contribution in [2.45, 2.75) is 6.61 Å². The van der Waals surface area contributed by atoms with Crippen LogP contribution >= 0.6 is 22.7 Å². The van der Waals surface area contributed by atoms with Crippen molar-refractivity contribution in [1.29, 1.82) is 0 Å². The molecule has 0 aromatic carbocycles. The van der Waals surface area contributed by atoms with Gasteiger partial charge in [0.25, 0.3) is 0 Å². The van der Waals surface area contributed by atoms with Crippen LogP contribution in [0.4, 0.5) is 5.82 Å². The van der Waals surface area contributed by atoms with E-state index in [4.69, 9.17) is 10.5 Å². The molecule has 106 valence electrons. The monoisotopic (exact) mass is 318 g/mol. The number of esters is 1. The fourth-order valence-electron chi connectivity index (χ4n) is 1.61. The predicted octanol–water partition coefficient (Wildman–Crippen LogP) is 2.60. The minimum Gasteiger partial charge on any atom is -0.454 e. The van der Waals surface area contributed by atoms with E-state index in [2.05, 4.69) is 15.0 Å². The molecule has 0 spiro atoms. The zero-order valence-corrected chi connectivity index (χ0v) is 12.4. The van der Waals surface area contributed by atoms with Crippen molar-refractivity contribution in [3.05, 3.63) is 46.0 Å². The third kappa shape index (κ3) is 3.06. The number of hydrogen-bond donors (Lipinski definition) is 1. The molecule has 3 aromatic heterocycles. The summed E-state index contributed by atoms with van der Waals surface area (Å²) in [5, 5.41) is 6.78. The van der Waals surface area contributed by atoms with Gasteiger partial charge >= 0.3 is 5.97 Å². The lowest BCUT2D eigenvalue weighted by Gasteiger charge is -2.03. The van der Waals surface area contributed by atoms with Crippen molar-refractivity contribution in [3.63, 3.8) is 0 Å². The van der Waals surface area contributed by atoms with Gasteiger partial charge in [-0.3, -0.25) is 0 Å². The highest BCUT2D eigenvalue weighted by molar-refractivity contribution is 7.14. The Morgan fingerprint density at radius 1 is 1.29 bits per heavy atom. The molecule has 3 heterocycles. The van der Waals surface area contributed by atoms with Crippen LogP contribution < -0.4 is 5.73 Å². The lowest BCUT2D eigenvalue weighted by molar-refractivity contribution is 0.0462. The van der Waals surface area contributed by atoms with Gasteiger partial charge in [0.1, 0.15) is 11.6 Å². The summed E-state index contributed by atoms with van der Waals surface area (Å²) in [5.74, 6) is -0.551. The number of nitrogens with zero attached hydrogens (tertiary/aromatic N) is 3. The fraction of sp³-hybridized carbons (Fsp3) is 0.0769. The Kier molecular flexibility index (Phi) is 3.89. The summed E-state index contributed by atoms with van der Waals surface area (Å²) in [6.07, 6.45) is 2.81. The lowest BCUT2D eigenvalue weighted by atomic mass is 10.3. The van der Waals surface area contributed by atoms with E-state index < -0.39 is 5.97 Å². The molecule has 21 heavy (non-hydrogen) atoms. The number of nitrogen functional groups attached to an aromatic ring is 1. The van der Waals surface area contributed by atoms with Gasteiger partial charge < -0.3 is 10.5 Å². The second-order valence-electron chi connectivity index (χ2n) is 4.02. The van der Waals surface area contributed by atoms with Crippen LogP contribution in [0, 0.1) is 0 Å². The fourth-order valence-corrected chi connectivity index (χ4v) is 3.12. The Morgan fingerprint density at radius 3 is 2.90 bits per heavy atom. The van der Waals surface area contributed by atoms with E-state index in [1.165, 1.54) is 23.7 Å². The Balaban J connectivity index is 1.66. The zero-order chi connectivity index (χ0) is 14.7. The lowest BCUT2D eigenvalue weighted by Crippen LogP contribution is -2.11. The van der Waals surface area contributed by atoms with E-state index >= 15 is 0 Å². The van der Waals surface area contributed by atoms with E-state index in [0.717, 1.165) is 10.6 Å². The van der Waals surface area contributed by atoms with Crippen molar-refractivity contribution >= 4 is 34.5 Å². The standard InChI is InChI=1S/C13H10N4O2S2/c14-11-10(15-2-3-16-11)13(18)19-5-9-7-21-12(17-9)8-1-4-20-6-8/h1-4,6-7H,5H2,(H2,14,16). The summed E-state index contributed by atoms with van der Waals surface area (Å²) in [5.41, 5.74) is 7.35. The van der Waals surface area contributed by atoms with Gasteiger partial charge in [0.15, 0.2) is 11.5 Å². The normalized spacial score (nSPS) is 10.5. The number of anilines is 1. The largest absolute Gasteiger partial charge is 0.454 e. The van der Waals surface area contributed by atoms with Gasteiger partial charge in [-0.1, -0.05) is 0 Å². The topological polar surface area (TPSA) is 91.0 Å². The second kappa shape index (κ2) is 5.98. The van der Waals surface area contributed by atoms with Crippen LogP contribution in [0.5, 0.6) is 0 Å². The highest BCUT2D eigenvalue weighted by Gasteiger charge is 2.14. The highest BCUT2D eigenvalue weighted by atomic mass is 32.1. The van der Waals surface area contributed by atoms with Gasteiger partial charge in [-0.2, -0.15) is 11.3 Å². The van der Waals surface area contributed by atoms with E-state index in [9.17, 15) is 4.79 Å². The molecular formula is C13H10N4O2S2. The van der Waals surface area contributed by atoms with E-state index in [0.29, 0.717) is 5.69 Å². The van der Waals surface area contributed by atoms with Gasteiger partial charge in [0.2, 0.25) is 0 Å². The summed E-state index contributed by atoms with van der Waals surface area (Å²) >= 11 is 3.12. The number of aromatic nitrogens is 3. The molecule has 0 aliphatic heterocycles. The first kappa shape index (κ1) is 13.7. The molecule has 3 rings (SSSR count). The number of hydrogen-bond acceptors (Lipinski definition) is 8. The first-order valence-corrected chi connectivity index (χ1v) is 7.77. The molecule has 0 saturated carbocycles. The summed E-state index contributed by atoms with van der Waals surface area (Å²) < 4.78 is 5.15. The maximum atomic E-state index is 11.8. The van der Waals surface area contributed by atoms with Gasteiger partial charge in [0.05, 0.1) is 5.69 Å². The van der Waals surface area contributed by atoms with E-state index in [1.807, 2.05) is 22.2 Å². The smallest absolute Gasteiger partial charge is 0.361 e. The Labute approximate surface area is 128 Å². The van der Waals surface area contributed by atoms with Crippen molar-refractivity contribution in [2.75, 3.05) is 5.73 Å². The summed E-state index contributed by atoms with van der Waals surface area (Å²) in [6, 6.07) is 2.00. The van der Waals surface area contributed by atoms with Crippen LogP contribution in [0.25, 0.3) is 10.6 Å². The Morgan fingerprint density at radius 2 is 2.14 bits per heavy atom. The molecule has 0 fully saturated rings. The van der Waals surface area contributed by atoms with Crippen molar-refractivity contribution in [2.24, 2.45) is 0 Å². The van der Waals surface area contributed by atoms with Crippen LogP contribution in [0.1, 0.15) is 16.2 Å². The zero-order valence-electron chi connectivity index (χ0n) is 10.7. The maximum Gasteiger partial charge on any atom is 0.361 e. The van der Waals surface area contributed by atoms with Crippen LogP contribution in [0.15, 0.2) is 34.6 Å². The predicted molar refractivity (Wildman–Crippen MR) is 81.0 cm³/mol. The number of thiazole rings is 1. The average molecular weight is 318 g/mol. The third-order valence-corrected chi connectivity index (χ3v) is 4.21. The number of thiophene rings is 1. The van der Waals surface area contributed by atoms with E-state index in [-0.39, 0.29) is 18.1 Å². The number of ether oxygens (including phenoxy) is 1. The van der Waals surface area contributed by atoms with Crippen molar-refractivity contribution in [3.8, 4) is 10.6 Å². The van der Waals surface area contributed by atoms with Gasteiger partial charge in [0, 0.05) is 28.7 Å². The van der Waals surface area contributed by atoms with Gasteiger partial charge in [-0.05, 0) is 11.4 Å². The molecule has 3 aromatic rings. The molecule has 0 aliphatic carbocycles. The first-order valence-electron chi connectivity index (χ1n) is 5.94. The number of carbonyl (C=O) groups excluding carboxylic acids is 1. The van der Waals surface area contributed by atoms with Gasteiger partial charge in [-0.25, -0.2) is 19.7 Å². The Hall–Kier alpha value is -2.32. The van der Waals surface area contributed by atoms with Crippen molar-refractivity contribution in [1.82, 2.24) is 15.0 Å². The quantitative estimate of drug-likeness (QED) is 0.744. The SMILES string of the molecule is Nc1nccnc1C(=O)OCc1csc(-c2ccsc2)n1. The molecule has 0 atom stereocenters. The second-order valence-corrected chi connectivity index (χ2v) is 5.66. The van der Waals surface area contributed by atoms with E-state index in [1.54, 1.807) is 11.3 Å². The molecule has 0 aliphatic rings. The number of rotatable bonds is 4. The van der Waals surface area contributed by atoms with Crippen LogP contribution in [0.2, 0.25) is 0 Å². The summed E-state index contributed by atoms with van der Waals surface area (Å²) in [4.78, 5) is 23.9. The minimum atomic E-state index is -0.606. The molecule has 2 N–H and O–H groups in total. The summed E-state index contributed by atoms with van der Waals surface area (Å²) in [6.45, 7) is 0.0789. The molecule has 0 unspecified atom stereocenters. The number of nitrogens with two attached hydrogens (primary N) is 1. The third-order valence-electron chi connectivity index (χ3n) is 2.59. The first-order chi connectivity index (χ1) is 10.2. The molecule has 8 heteroatoms. The molecule has 0 amide bonds. The number of carbonyl (C=O) groups is 1. The molecular weight excluding hydrogens is 308 g/mol. The molecule has 6 nitrogen and oxygen atoms in total. The van der Waals surface area contributed by atoms with Crippen LogP contribution in [0.3, 0.4) is 0 Å². The van der Waals surface area contributed by atoms with Crippen LogP contribution in [-0.4, -0.2) is 20.9 Å². The highest BCUT2D eigenvalue weighted by Crippen LogP contribution is 2.26. The molecule has 0 bridgehead atoms. The van der Waals surface area contributed by atoms with Gasteiger partial charge in [-0.15, -0.1) is 11.3 Å². The molecule has 0 radical (unpaired) electrons. The average Bonchev–Trinajstić information content (AvgIpc) is 3.16. The molecule has 0 saturated heterocycles. The summed E-state index contributed by atoms with van der Waals surface area (Å²) in [7, 11) is 0. The van der Waals surface area contributed by atoms with Crippen LogP contribution in [-0.2, 0) is 11.3 Å². The maximum absolute atomic E-state index is 11.8.